The van der Waals surface area contributed by atoms with Gasteiger partial charge in [-0.25, -0.2) is 0 Å². The van der Waals surface area contributed by atoms with Crippen LogP contribution in [0.1, 0.15) is 26.0 Å². The predicted molar refractivity (Wildman–Crippen MR) is 84.9 cm³/mol. The Morgan fingerprint density at radius 2 is 2.05 bits per heavy atom. The summed E-state index contributed by atoms with van der Waals surface area (Å²) in [6, 6.07) is 5.96. The Balaban J connectivity index is 2.31. The molecule has 0 bridgehead atoms. The van der Waals surface area contributed by atoms with E-state index in [4.69, 9.17) is 10.8 Å². The number of aromatic nitrogens is 1. The molecule has 0 aliphatic carbocycles. The number of rotatable bonds is 5. The van der Waals surface area contributed by atoms with E-state index in [1.807, 2.05) is 31.3 Å². The number of hydrogen-bond donors (Lipinski definition) is 3. The molecule has 20 heavy (non-hydrogen) atoms. The van der Waals surface area contributed by atoms with Crippen LogP contribution in [0.4, 0.5) is 11.4 Å². The van der Waals surface area contributed by atoms with Crippen molar-refractivity contribution in [3.63, 3.8) is 0 Å². The summed E-state index contributed by atoms with van der Waals surface area (Å²) in [6.45, 7) is 7.27. The Bertz CT molecular complexity index is 608. The summed E-state index contributed by atoms with van der Waals surface area (Å²) in [4.78, 5) is 4.31. The first-order chi connectivity index (χ1) is 9.43. The molecule has 0 aliphatic heterocycles. The monoisotopic (exact) mass is 273 g/mol. The van der Waals surface area contributed by atoms with E-state index in [0.29, 0.717) is 0 Å². The quantitative estimate of drug-likeness (QED) is 0.732. The van der Waals surface area contributed by atoms with Gasteiger partial charge in [-0.15, -0.1) is 0 Å². The van der Waals surface area contributed by atoms with Crippen LogP contribution in [-0.4, -0.2) is 23.2 Å². The third-order valence-corrected chi connectivity index (χ3v) is 3.62. The van der Waals surface area contributed by atoms with Gasteiger partial charge in [-0.2, -0.15) is 0 Å². The van der Waals surface area contributed by atoms with Gasteiger partial charge in [0.25, 0.3) is 0 Å². The first-order valence-electron chi connectivity index (χ1n) is 6.92. The molecule has 0 unspecified atom stereocenters. The standard InChI is InChI=1S/C16H23N3O/c1-11-8-12-13(9-18-11)14(17)4-5-15(12)19-10-16(2,3)6-7-20/h4-5,8-9,19-20H,6-7,10,17H2,1-3H3. The number of benzene rings is 1. The molecule has 4 N–H and O–H groups in total. The normalized spacial score (nSPS) is 11.8. The highest BCUT2D eigenvalue weighted by molar-refractivity contribution is 6.00. The summed E-state index contributed by atoms with van der Waals surface area (Å²) in [5, 5.41) is 14.6. The van der Waals surface area contributed by atoms with Crippen molar-refractivity contribution in [3.8, 4) is 0 Å². The van der Waals surface area contributed by atoms with E-state index in [-0.39, 0.29) is 12.0 Å². The lowest BCUT2D eigenvalue weighted by molar-refractivity contribution is 0.220. The van der Waals surface area contributed by atoms with Gasteiger partial charge in [0.2, 0.25) is 0 Å². The van der Waals surface area contributed by atoms with E-state index in [1.54, 1.807) is 0 Å². The first kappa shape index (κ1) is 14.6. The van der Waals surface area contributed by atoms with E-state index in [9.17, 15) is 0 Å². The van der Waals surface area contributed by atoms with Crippen molar-refractivity contribution in [3.05, 3.63) is 30.1 Å². The Kier molecular flexibility index (Phi) is 4.14. The number of nitrogens with two attached hydrogens (primary N) is 1. The molecule has 2 aromatic rings. The van der Waals surface area contributed by atoms with Crippen LogP contribution in [0.3, 0.4) is 0 Å². The minimum Gasteiger partial charge on any atom is -0.398 e. The summed E-state index contributed by atoms with van der Waals surface area (Å²) < 4.78 is 0. The number of hydrogen-bond acceptors (Lipinski definition) is 4. The minimum absolute atomic E-state index is 0.0462. The molecule has 1 heterocycles. The molecule has 0 aliphatic rings. The van der Waals surface area contributed by atoms with Crippen molar-refractivity contribution in [2.75, 3.05) is 24.2 Å². The van der Waals surface area contributed by atoms with Gasteiger partial charge in [0.05, 0.1) is 0 Å². The fourth-order valence-corrected chi connectivity index (χ4v) is 2.25. The second kappa shape index (κ2) is 5.67. The largest absolute Gasteiger partial charge is 0.398 e. The summed E-state index contributed by atoms with van der Waals surface area (Å²) in [5.74, 6) is 0. The average Bonchev–Trinajstić information content (AvgIpc) is 2.38. The number of nitrogens with zero attached hydrogens (tertiary/aromatic N) is 1. The number of anilines is 2. The van der Waals surface area contributed by atoms with Gasteiger partial charge in [0.1, 0.15) is 0 Å². The zero-order valence-electron chi connectivity index (χ0n) is 12.4. The van der Waals surface area contributed by atoms with Crippen molar-refractivity contribution in [1.29, 1.82) is 0 Å². The maximum Gasteiger partial charge on any atom is 0.0436 e. The van der Waals surface area contributed by atoms with E-state index >= 15 is 0 Å². The van der Waals surface area contributed by atoms with Gasteiger partial charge in [-0.1, -0.05) is 13.8 Å². The molecule has 0 atom stereocenters. The van der Waals surface area contributed by atoms with Gasteiger partial charge in [-0.05, 0) is 37.0 Å². The van der Waals surface area contributed by atoms with Crippen LogP contribution in [0.5, 0.6) is 0 Å². The Labute approximate surface area is 120 Å². The molecule has 2 rings (SSSR count). The van der Waals surface area contributed by atoms with Crippen LogP contribution in [-0.2, 0) is 0 Å². The van der Waals surface area contributed by atoms with Crippen LogP contribution in [0.25, 0.3) is 10.8 Å². The van der Waals surface area contributed by atoms with Gasteiger partial charge >= 0.3 is 0 Å². The van der Waals surface area contributed by atoms with Gasteiger partial charge in [0, 0.05) is 47.2 Å². The third-order valence-electron chi connectivity index (χ3n) is 3.62. The number of aliphatic hydroxyl groups excluding tert-OH is 1. The number of nitrogens with one attached hydrogen (secondary N) is 1. The van der Waals surface area contributed by atoms with Crippen LogP contribution < -0.4 is 11.1 Å². The van der Waals surface area contributed by atoms with E-state index in [2.05, 4.69) is 24.1 Å². The number of nitrogen functional groups attached to an aromatic ring is 1. The van der Waals surface area contributed by atoms with Crippen LogP contribution >= 0.6 is 0 Å². The summed E-state index contributed by atoms with van der Waals surface area (Å²) in [5.41, 5.74) is 8.83. The zero-order valence-corrected chi connectivity index (χ0v) is 12.4. The second-order valence-corrected chi connectivity index (χ2v) is 6.06. The molecule has 108 valence electrons. The maximum atomic E-state index is 9.09. The third kappa shape index (κ3) is 3.20. The molecule has 1 aromatic heterocycles. The van der Waals surface area contributed by atoms with E-state index in [0.717, 1.165) is 40.8 Å². The van der Waals surface area contributed by atoms with Crippen molar-refractivity contribution >= 4 is 22.1 Å². The number of fused-ring (bicyclic) bond motifs is 1. The lowest BCUT2D eigenvalue weighted by Gasteiger charge is -2.25. The highest BCUT2D eigenvalue weighted by Gasteiger charge is 2.17. The molecular weight excluding hydrogens is 250 g/mol. The Hall–Kier alpha value is -1.81. The minimum atomic E-state index is 0.0462. The van der Waals surface area contributed by atoms with Gasteiger partial charge in [0.15, 0.2) is 0 Å². The number of aryl methyl sites for hydroxylation is 1. The average molecular weight is 273 g/mol. The topological polar surface area (TPSA) is 71.2 Å². The maximum absolute atomic E-state index is 9.09. The van der Waals surface area contributed by atoms with Crippen molar-refractivity contribution in [2.24, 2.45) is 5.41 Å². The highest BCUT2D eigenvalue weighted by Crippen LogP contribution is 2.29. The number of pyridine rings is 1. The predicted octanol–water partition coefficient (Wildman–Crippen LogP) is 2.95. The molecule has 0 radical (unpaired) electrons. The SMILES string of the molecule is Cc1cc2c(NCC(C)(C)CCO)ccc(N)c2cn1. The van der Waals surface area contributed by atoms with Crippen LogP contribution in [0.2, 0.25) is 0 Å². The fourth-order valence-electron chi connectivity index (χ4n) is 2.25. The Morgan fingerprint density at radius 1 is 1.30 bits per heavy atom. The van der Waals surface area contributed by atoms with Gasteiger partial charge < -0.3 is 16.2 Å². The van der Waals surface area contributed by atoms with E-state index in [1.165, 1.54) is 0 Å². The Morgan fingerprint density at radius 3 is 2.75 bits per heavy atom. The van der Waals surface area contributed by atoms with Crippen LogP contribution in [0, 0.1) is 12.3 Å². The zero-order chi connectivity index (χ0) is 14.8. The summed E-state index contributed by atoms with van der Waals surface area (Å²) in [6.07, 6.45) is 2.59. The fraction of sp³-hybridized carbons (Fsp3) is 0.438. The molecular formula is C16H23N3O. The second-order valence-electron chi connectivity index (χ2n) is 6.06. The number of aliphatic hydroxyl groups is 1. The molecule has 1 aromatic carbocycles. The molecule has 0 saturated heterocycles. The molecule has 4 heteroatoms. The summed E-state index contributed by atoms with van der Waals surface area (Å²) >= 11 is 0. The first-order valence-corrected chi connectivity index (χ1v) is 6.92. The van der Waals surface area contributed by atoms with E-state index < -0.39 is 0 Å². The van der Waals surface area contributed by atoms with Gasteiger partial charge in [-0.3, -0.25) is 4.98 Å². The lowest BCUT2D eigenvalue weighted by atomic mass is 9.89. The van der Waals surface area contributed by atoms with Crippen molar-refractivity contribution < 1.29 is 5.11 Å². The molecule has 0 saturated carbocycles. The van der Waals surface area contributed by atoms with Crippen molar-refractivity contribution in [1.82, 2.24) is 4.98 Å². The van der Waals surface area contributed by atoms with Crippen molar-refractivity contribution in [2.45, 2.75) is 27.2 Å². The van der Waals surface area contributed by atoms with Crippen LogP contribution in [0.15, 0.2) is 24.4 Å². The molecule has 0 spiro atoms. The molecule has 0 fully saturated rings. The molecule has 0 amide bonds. The summed E-state index contributed by atoms with van der Waals surface area (Å²) in [7, 11) is 0. The highest BCUT2D eigenvalue weighted by atomic mass is 16.3. The molecule has 4 nitrogen and oxygen atoms in total. The smallest absolute Gasteiger partial charge is 0.0436 e. The lowest BCUT2D eigenvalue weighted by Crippen LogP contribution is -2.24.